The van der Waals surface area contributed by atoms with Crippen LogP contribution in [-0.4, -0.2) is 9.97 Å². The summed E-state index contributed by atoms with van der Waals surface area (Å²) in [5.74, 6) is 0.704. The number of hydrogen-bond donors (Lipinski definition) is 0. The van der Waals surface area contributed by atoms with Crippen LogP contribution in [-0.2, 0) is 0 Å². The Balaban J connectivity index is 1.35. The molecule has 8 aromatic rings. The highest BCUT2D eigenvalue weighted by molar-refractivity contribution is 7.26. The van der Waals surface area contributed by atoms with Crippen LogP contribution in [0.25, 0.3) is 76.0 Å². The summed E-state index contributed by atoms with van der Waals surface area (Å²) in [6.45, 7) is 0. The summed E-state index contributed by atoms with van der Waals surface area (Å²) in [6.07, 6.45) is 0. The number of fused-ring (bicyclic) bond motifs is 6. The van der Waals surface area contributed by atoms with E-state index in [0.29, 0.717) is 10.8 Å². The van der Waals surface area contributed by atoms with E-state index in [-0.39, 0.29) is 0 Å². The van der Waals surface area contributed by atoms with Gasteiger partial charge < -0.3 is 4.42 Å². The average Bonchev–Trinajstić information content (AvgIpc) is 3.55. The van der Waals surface area contributed by atoms with Crippen LogP contribution in [0.3, 0.4) is 0 Å². The van der Waals surface area contributed by atoms with Gasteiger partial charge in [-0.25, -0.2) is 9.97 Å². The molecule has 0 unspecified atom stereocenters. The van der Waals surface area contributed by atoms with Crippen molar-refractivity contribution in [2.45, 2.75) is 0 Å². The summed E-state index contributed by atoms with van der Waals surface area (Å²) in [4.78, 5) is 10.3. The highest BCUT2D eigenvalue weighted by atomic mass is 35.5. The Morgan fingerprint density at radius 3 is 2.31 bits per heavy atom. The van der Waals surface area contributed by atoms with Crippen LogP contribution < -0.4 is 0 Å². The molecule has 0 N–H and O–H groups in total. The molecule has 5 aromatic carbocycles. The first-order chi connectivity index (χ1) is 19.2. The predicted octanol–water partition coefficient (Wildman–Crippen LogP) is 10.4. The lowest BCUT2D eigenvalue weighted by Gasteiger charge is -2.09. The second kappa shape index (κ2) is 8.77. The third-order valence-electron chi connectivity index (χ3n) is 7.16. The van der Waals surface area contributed by atoms with Crippen LogP contribution in [0.1, 0.15) is 0 Å². The summed E-state index contributed by atoms with van der Waals surface area (Å²) in [7, 11) is 0. The zero-order valence-electron chi connectivity index (χ0n) is 20.6. The van der Waals surface area contributed by atoms with Crippen molar-refractivity contribution in [1.29, 1.82) is 0 Å². The summed E-state index contributed by atoms with van der Waals surface area (Å²) in [6, 6.07) is 39.2. The lowest BCUT2D eigenvalue weighted by Crippen LogP contribution is -1.94. The Kier molecular flexibility index (Phi) is 5.05. The van der Waals surface area contributed by atoms with Crippen molar-refractivity contribution in [1.82, 2.24) is 9.97 Å². The first kappa shape index (κ1) is 22.5. The van der Waals surface area contributed by atoms with E-state index in [0.717, 1.165) is 65.5 Å². The third kappa shape index (κ3) is 3.64. The fourth-order valence-corrected chi connectivity index (χ4v) is 6.66. The van der Waals surface area contributed by atoms with Gasteiger partial charge in [-0.3, -0.25) is 0 Å². The van der Waals surface area contributed by atoms with Crippen molar-refractivity contribution in [3.05, 3.63) is 120 Å². The van der Waals surface area contributed by atoms with Crippen molar-refractivity contribution in [2.75, 3.05) is 0 Å². The monoisotopic (exact) mass is 538 g/mol. The normalized spacial score (nSPS) is 11.7. The summed E-state index contributed by atoms with van der Waals surface area (Å²) in [5, 5.41) is 3.91. The van der Waals surface area contributed by atoms with E-state index in [1.165, 1.54) is 4.70 Å². The van der Waals surface area contributed by atoms with Gasteiger partial charge in [0.2, 0.25) is 0 Å². The molecule has 0 aliphatic rings. The van der Waals surface area contributed by atoms with E-state index in [2.05, 4.69) is 91.0 Å². The molecule has 3 nitrogen and oxygen atoms in total. The molecular weight excluding hydrogens is 520 g/mol. The van der Waals surface area contributed by atoms with Crippen LogP contribution in [0.2, 0.25) is 5.02 Å². The number of thiophene rings is 1. The van der Waals surface area contributed by atoms with E-state index >= 15 is 0 Å². The van der Waals surface area contributed by atoms with E-state index in [9.17, 15) is 0 Å². The molecule has 0 radical (unpaired) electrons. The smallest absolute Gasteiger partial charge is 0.160 e. The van der Waals surface area contributed by atoms with Gasteiger partial charge in [0.25, 0.3) is 0 Å². The first-order valence-corrected chi connectivity index (χ1v) is 13.9. The van der Waals surface area contributed by atoms with Crippen molar-refractivity contribution in [3.8, 4) is 33.8 Å². The maximum Gasteiger partial charge on any atom is 0.160 e. The van der Waals surface area contributed by atoms with Crippen molar-refractivity contribution < 1.29 is 4.42 Å². The maximum absolute atomic E-state index is 6.32. The molecule has 39 heavy (non-hydrogen) atoms. The maximum atomic E-state index is 6.32. The van der Waals surface area contributed by atoms with Crippen LogP contribution in [0, 0.1) is 0 Å². The van der Waals surface area contributed by atoms with E-state index in [1.54, 1.807) is 11.3 Å². The van der Waals surface area contributed by atoms with Crippen LogP contribution in [0.5, 0.6) is 0 Å². The molecule has 3 aromatic heterocycles. The van der Waals surface area contributed by atoms with Gasteiger partial charge in [0.15, 0.2) is 5.82 Å². The SMILES string of the molecule is Clc1ccc2oc3c(-c4cccc(-c5nc(-c6ccccc6)c6sc7ccccc7c6n5)c4)cccc3c2c1. The molecular formula is C34H19ClN2OS. The van der Waals surface area contributed by atoms with E-state index < -0.39 is 0 Å². The number of halogens is 1. The number of aromatic nitrogens is 2. The van der Waals surface area contributed by atoms with Crippen molar-refractivity contribution in [3.63, 3.8) is 0 Å². The van der Waals surface area contributed by atoms with Gasteiger partial charge in [-0.05, 0) is 35.9 Å². The summed E-state index contributed by atoms with van der Waals surface area (Å²) < 4.78 is 8.64. The highest BCUT2D eigenvalue weighted by Gasteiger charge is 2.18. The fraction of sp³-hybridized carbons (Fsp3) is 0. The Labute approximate surface area is 233 Å². The molecule has 0 aliphatic carbocycles. The molecule has 0 bridgehead atoms. The van der Waals surface area contributed by atoms with Crippen LogP contribution >= 0.6 is 22.9 Å². The van der Waals surface area contributed by atoms with Crippen LogP contribution in [0.15, 0.2) is 120 Å². The number of nitrogens with zero attached hydrogens (tertiary/aromatic N) is 2. The van der Waals surface area contributed by atoms with Gasteiger partial charge >= 0.3 is 0 Å². The average molecular weight is 539 g/mol. The molecule has 8 rings (SSSR count). The first-order valence-electron chi connectivity index (χ1n) is 12.7. The Morgan fingerprint density at radius 1 is 0.615 bits per heavy atom. The molecule has 0 saturated heterocycles. The minimum atomic E-state index is 0.695. The van der Waals surface area contributed by atoms with Gasteiger partial charge in [0, 0.05) is 42.6 Å². The van der Waals surface area contributed by atoms with Gasteiger partial charge in [-0.2, -0.15) is 0 Å². The number of rotatable bonds is 3. The molecule has 0 amide bonds. The molecule has 0 aliphatic heterocycles. The number of para-hydroxylation sites is 1. The molecule has 0 saturated carbocycles. The second-order valence-electron chi connectivity index (χ2n) is 9.54. The highest BCUT2D eigenvalue weighted by Crippen LogP contribution is 2.41. The quantitative estimate of drug-likeness (QED) is 0.224. The molecule has 0 spiro atoms. The Hall–Kier alpha value is -4.51. The van der Waals surface area contributed by atoms with E-state index in [4.69, 9.17) is 26.0 Å². The van der Waals surface area contributed by atoms with Crippen LogP contribution in [0.4, 0.5) is 0 Å². The van der Waals surface area contributed by atoms with Gasteiger partial charge in [-0.1, -0.05) is 96.5 Å². The van der Waals surface area contributed by atoms with E-state index in [1.807, 2.05) is 24.3 Å². The standard InChI is InChI=1S/C34H19ClN2OS/c35-23-16-17-28-27(19-23)25-14-7-13-24(32(25)38-28)21-10-6-11-22(18-21)34-36-30(20-8-2-1-3-9-20)33-31(37-34)26-12-4-5-15-29(26)39-33/h1-19H. The zero-order valence-corrected chi connectivity index (χ0v) is 22.1. The third-order valence-corrected chi connectivity index (χ3v) is 8.56. The second-order valence-corrected chi connectivity index (χ2v) is 11.0. The topological polar surface area (TPSA) is 38.9 Å². The number of benzene rings is 5. The van der Waals surface area contributed by atoms with Gasteiger partial charge in [0.05, 0.1) is 15.9 Å². The summed E-state index contributed by atoms with van der Waals surface area (Å²) >= 11 is 8.04. The lowest BCUT2D eigenvalue weighted by molar-refractivity contribution is 0.670. The minimum Gasteiger partial charge on any atom is -0.455 e. The number of furan rings is 1. The van der Waals surface area contributed by atoms with Crippen molar-refractivity contribution >= 4 is 65.2 Å². The predicted molar refractivity (Wildman–Crippen MR) is 164 cm³/mol. The molecule has 3 heterocycles. The lowest BCUT2D eigenvalue weighted by atomic mass is 10.00. The molecule has 0 fully saturated rings. The van der Waals surface area contributed by atoms with Gasteiger partial charge in [-0.15, -0.1) is 11.3 Å². The fourth-order valence-electron chi connectivity index (χ4n) is 5.34. The Bertz CT molecular complexity index is 2200. The van der Waals surface area contributed by atoms with Crippen molar-refractivity contribution in [2.24, 2.45) is 0 Å². The zero-order chi connectivity index (χ0) is 25.9. The molecule has 5 heteroatoms. The largest absolute Gasteiger partial charge is 0.455 e. The molecule has 184 valence electrons. The minimum absolute atomic E-state index is 0.695. The Morgan fingerprint density at radius 2 is 1.38 bits per heavy atom. The summed E-state index contributed by atoms with van der Waals surface area (Å²) in [5.41, 5.74) is 7.72. The number of hydrogen-bond acceptors (Lipinski definition) is 4. The molecule has 0 atom stereocenters. The van der Waals surface area contributed by atoms with Gasteiger partial charge in [0.1, 0.15) is 11.2 Å².